The van der Waals surface area contributed by atoms with E-state index in [0.29, 0.717) is 30.9 Å². The maximum absolute atomic E-state index is 12.7. The molecule has 0 saturated heterocycles. The first kappa shape index (κ1) is 20.7. The Hall–Kier alpha value is -2.00. The highest BCUT2D eigenvalue weighted by atomic mass is 35.5. The van der Waals surface area contributed by atoms with Crippen molar-refractivity contribution in [3.05, 3.63) is 67.1 Å². The number of amides is 1. The third-order valence-electron chi connectivity index (χ3n) is 4.08. The Bertz CT molecular complexity index is 1180. The lowest BCUT2D eigenvalue weighted by Crippen LogP contribution is -2.34. The first-order valence-electron chi connectivity index (χ1n) is 8.25. The van der Waals surface area contributed by atoms with Crippen molar-refractivity contribution >= 4 is 63.0 Å². The summed E-state index contributed by atoms with van der Waals surface area (Å²) in [6.45, 7) is 5.79. The zero-order valence-electron chi connectivity index (χ0n) is 14.8. The highest BCUT2D eigenvalue weighted by molar-refractivity contribution is 7.73. The number of aromatic nitrogens is 3. The van der Waals surface area contributed by atoms with Gasteiger partial charge in [-0.15, -0.1) is 6.58 Å². The van der Waals surface area contributed by atoms with Crippen LogP contribution in [0.1, 0.15) is 18.5 Å². The van der Waals surface area contributed by atoms with Crippen LogP contribution in [0.2, 0.25) is 10.0 Å². The van der Waals surface area contributed by atoms with Gasteiger partial charge in [-0.05, 0) is 36.8 Å². The van der Waals surface area contributed by atoms with Gasteiger partial charge in [0.05, 0.1) is 6.04 Å². The Morgan fingerprint density at radius 1 is 1.46 bits per heavy atom. The number of fused-ring (bicyclic) bond motifs is 1. The van der Waals surface area contributed by atoms with Crippen LogP contribution < -0.4 is 10.9 Å². The Morgan fingerprint density at radius 2 is 2.21 bits per heavy atom. The van der Waals surface area contributed by atoms with Crippen LogP contribution in [0.5, 0.6) is 0 Å². The molecule has 1 N–H and O–H groups in total. The number of nitrogens with one attached hydrogen (secondary N) is 1. The monoisotopic (exact) mass is 454 g/mol. The quantitative estimate of drug-likeness (QED) is 0.443. The summed E-state index contributed by atoms with van der Waals surface area (Å²) >= 11 is 18.5. The number of carbonyl (C=O) groups excluding carboxylic acids is 1. The van der Waals surface area contributed by atoms with E-state index in [1.54, 1.807) is 35.8 Å². The second kappa shape index (κ2) is 8.57. The maximum Gasteiger partial charge on any atom is 0.273 e. The summed E-state index contributed by atoms with van der Waals surface area (Å²) in [6.07, 6.45) is 3.04. The van der Waals surface area contributed by atoms with Crippen LogP contribution in [0.3, 0.4) is 0 Å². The molecule has 2 aromatic heterocycles. The Kier molecular flexibility index (Phi) is 6.34. The highest BCUT2D eigenvalue weighted by Crippen LogP contribution is 2.26. The topological polar surface area (TPSA) is 68.9 Å². The van der Waals surface area contributed by atoms with Gasteiger partial charge in [0.25, 0.3) is 5.56 Å². The smallest absolute Gasteiger partial charge is 0.273 e. The van der Waals surface area contributed by atoms with Gasteiger partial charge in [0.2, 0.25) is 5.91 Å². The lowest BCUT2D eigenvalue weighted by molar-refractivity contribution is -0.122. The summed E-state index contributed by atoms with van der Waals surface area (Å²) in [5.41, 5.74) is 0.925. The average molecular weight is 455 g/mol. The molecule has 1 unspecified atom stereocenters. The van der Waals surface area contributed by atoms with Crippen LogP contribution >= 0.6 is 46.8 Å². The summed E-state index contributed by atoms with van der Waals surface area (Å²) in [5, 5.41) is 3.81. The van der Waals surface area contributed by atoms with Crippen molar-refractivity contribution in [2.45, 2.75) is 26.1 Å². The lowest BCUT2D eigenvalue weighted by Gasteiger charge is -2.16. The summed E-state index contributed by atoms with van der Waals surface area (Å²) in [5.74, 6) is -0.337. The van der Waals surface area contributed by atoms with E-state index in [2.05, 4.69) is 16.9 Å². The molecular weight excluding hydrogens is 439 g/mol. The molecule has 6 nitrogen and oxygen atoms in total. The molecule has 1 aromatic carbocycles. The first-order chi connectivity index (χ1) is 13.3. The van der Waals surface area contributed by atoms with Gasteiger partial charge in [0.1, 0.15) is 17.6 Å². The predicted molar refractivity (Wildman–Crippen MR) is 116 cm³/mol. The van der Waals surface area contributed by atoms with E-state index in [0.717, 1.165) is 5.56 Å². The van der Waals surface area contributed by atoms with Crippen molar-refractivity contribution in [3.8, 4) is 0 Å². The predicted octanol–water partition coefficient (Wildman–Crippen LogP) is 4.36. The number of rotatable bonds is 6. The average Bonchev–Trinajstić information content (AvgIpc) is 2.94. The molecule has 0 aliphatic heterocycles. The minimum atomic E-state index is -0.347. The summed E-state index contributed by atoms with van der Waals surface area (Å²) < 4.78 is 3.94. The number of nitrogens with zero attached hydrogens (tertiary/aromatic N) is 3. The molecule has 0 radical (unpaired) electrons. The van der Waals surface area contributed by atoms with Crippen molar-refractivity contribution in [1.82, 2.24) is 19.4 Å². The molecule has 3 aromatic rings. The van der Waals surface area contributed by atoms with Gasteiger partial charge >= 0.3 is 0 Å². The Morgan fingerprint density at radius 3 is 2.89 bits per heavy atom. The van der Waals surface area contributed by atoms with E-state index < -0.39 is 0 Å². The highest BCUT2D eigenvalue weighted by Gasteiger charge is 2.16. The minimum Gasteiger partial charge on any atom is -0.348 e. The SMILES string of the molecule is C=CCn1c(=S)sc2c(=O)n(CC(=O)NC(C)c3ccc(Cl)cc3Cl)cnc21. The third-order valence-corrected chi connectivity index (χ3v) is 6.06. The fourth-order valence-corrected chi connectivity index (χ4v) is 4.63. The van der Waals surface area contributed by atoms with E-state index in [-0.39, 0.29) is 24.1 Å². The van der Waals surface area contributed by atoms with Gasteiger partial charge in [0.15, 0.2) is 9.60 Å². The van der Waals surface area contributed by atoms with Crippen molar-refractivity contribution in [3.63, 3.8) is 0 Å². The number of allylic oxidation sites excluding steroid dienone is 1. The lowest BCUT2D eigenvalue weighted by atomic mass is 10.1. The molecule has 0 fully saturated rings. The van der Waals surface area contributed by atoms with Crippen LogP contribution in [0.25, 0.3) is 10.3 Å². The van der Waals surface area contributed by atoms with Crippen molar-refractivity contribution in [1.29, 1.82) is 0 Å². The maximum atomic E-state index is 12.7. The molecule has 3 rings (SSSR count). The Balaban J connectivity index is 1.81. The molecule has 1 amide bonds. The van der Waals surface area contributed by atoms with Crippen LogP contribution in [-0.2, 0) is 17.9 Å². The Labute approximate surface area is 180 Å². The van der Waals surface area contributed by atoms with E-state index in [4.69, 9.17) is 35.4 Å². The number of thiazole rings is 1. The van der Waals surface area contributed by atoms with Gasteiger partial charge in [-0.2, -0.15) is 0 Å². The molecule has 0 saturated carbocycles. The first-order valence-corrected chi connectivity index (χ1v) is 10.2. The molecule has 0 aliphatic rings. The molecule has 1 atom stereocenters. The molecule has 10 heteroatoms. The minimum absolute atomic E-state index is 0.163. The number of hydrogen-bond acceptors (Lipinski definition) is 5. The van der Waals surface area contributed by atoms with Crippen LogP contribution in [0.15, 0.2) is 42.0 Å². The number of carbonyl (C=O) groups is 1. The summed E-state index contributed by atoms with van der Waals surface area (Å²) in [6, 6.07) is 4.73. The molecular formula is C18H16Cl2N4O2S2. The van der Waals surface area contributed by atoms with Crippen molar-refractivity contribution < 1.29 is 4.79 Å². The second-order valence-electron chi connectivity index (χ2n) is 6.05. The largest absolute Gasteiger partial charge is 0.348 e. The molecule has 0 bridgehead atoms. The van der Waals surface area contributed by atoms with Gasteiger partial charge in [-0.3, -0.25) is 14.2 Å². The number of halogens is 2. The van der Waals surface area contributed by atoms with Gasteiger partial charge < -0.3 is 9.88 Å². The fourth-order valence-electron chi connectivity index (χ4n) is 2.75. The standard InChI is InChI=1S/C18H16Cl2N4O2S2/c1-3-6-24-16-15(28-18(24)27)17(26)23(9-21-16)8-14(25)22-10(2)12-5-4-11(19)7-13(12)20/h3-5,7,9-10H,1,6,8H2,2H3,(H,22,25). The summed E-state index contributed by atoms with van der Waals surface area (Å²) in [7, 11) is 0. The fraction of sp³-hybridized carbons (Fsp3) is 0.222. The van der Waals surface area contributed by atoms with E-state index >= 15 is 0 Å². The van der Waals surface area contributed by atoms with Crippen molar-refractivity contribution in [2.24, 2.45) is 0 Å². The molecule has 2 heterocycles. The molecule has 28 heavy (non-hydrogen) atoms. The van der Waals surface area contributed by atoms with E-state index in [1.165, 1.54) is 22.2 Å². The molecule has 0 spiro atoms. The van der Waals surface area contributed by atoms with Gasteiger partial charge in [-0.25, -0.2) is 4.98 Å². The second-order valence-corrected chi connectivity index (χ2v) is 8.54. The number of hydrogen-bond donors (Lipinski definition) is 1. The zero-order valence-corrected chi connectivity index (χ0v) is 18.0. The zero-order chi connectivity index (χ0) is 20.4. The van der Waals surface area contributed by atoms with Crippen LogP contribution in [0, 0.1) is 3.95 Å². The molecule has 146 valence electrons. The van der Waals surface area contributed by atoms with Crippen LogP contribution in [0.4, 0.5) is 0 Å². The van der Waals surface area contributed by atoms with Crippen LogP contribution in [-0.4, -0.2) is 20.0 Å². The molecule has 0 aliphatic carbocycles. The van der Waals surface area contributed by atoms with Gasteiger partial charge in [0, 0.05) is 16.6 Å². The normalized spacial score (nSPS) is 12.1. The summed E-state index contributed by atoms with van der Waals surface area (Å²) in [4.78, 5) is 29.4. The van der Waals surface area contributed by atoms with E-state index in [1.807, 2.05) is 0 Å². The third kappa shape index (κ3) is 4.20. The number of benzene rings is 1. The van der Waals surface area contributed by atoms with Gasteiger partial charge in [-0.1, -0.05) is 46.7 Å². The van der Waals surface area contributed by atoms with E-state index in [9.17, 15) is 9.59 Å². The van der Waals surface area contributed by atoms with Crippen molar-refractivity contribution in [2.75, 3.05) is 0 Å².